The van der Waals surface area contributed by atoms with E-state index in [0.717, 1.165) is 35.8 Å². The number of anilines is 1. The molecule has 0 saturated carbocycles. The molecule has 0 aliphatic carbocycles. The first-order valence-corrected chi connectivity index (χ1v) is 7.28. The maximum atomic E-state index is 5.87. The van der Waals surface area contributed by atoms with Crippen molar-refractivity contribution in [2.75, 3.05) is 25.0 Å². The van der Waals surface area contributed by atoms with Crippen LogP contribution in [0.3, 0.4) is 0 Å². The first-order chi connectivity index (χ1) is 8.66. The summed E-state index contributed by atoms with van der Waals surface area (Å²) >= 11 is 5.87. The fourth-order valence-electron chi connectivity index (χ4n) is 2.80. The maximum absolute atomic E-state index is 5.87. The smallest absolute Gasteiger partial charge is 0.0407 e. The van der Waals surface area contributed by atoms with Gasteiger partial charge in [0.25, 0.3) is 0 Å². The molecule has 18 heavy (non-hydrogen) atoms. The van der Waals surface area contributed by atoms with E-state index in [4.69, 9.17) is 11.6 Å². The Labute approximate surface area is 115 Å². The molecule has 100 valence electrons. The molecule has 0 amide bonds. The molecule has 1 unspecified atom stereocenters. The van der Waals surface area contributed by atoms with E-state index in [2.05, 4.69) is 24.1 Å². The zero-order chi connectivity index (χ0) is 13.0. The fraction of sp³-hybridized carbons (Fsp3) is 0.600. The van der Waals surface area contributed by atoms with Gasteiger partial charge in [0.2, 0.25) is 0 Å². The largest absolute Gasteiger partial charge is 0.384 e. The minimum atomic E-state index is 0.767. The Hall–Kier alpha value is -0.730. The van der Waals surface area contributed by atoms with Gasteiger partial charge in [-0.1, -0.05) is 25.4 Å². The van der Waals surface area contributed by atoms with Gasteiger partial charge in [-0.2, -0.15) is 0 Å². The molecule has 0 bridgehead atoms. The number of likely N-dealkylation sites (tertiary alicyclic amines) is 1. The summed E-state index contributed by atoms with van der Waals surface area (Å²) in [5.41, 5.74) is 1.15. The number of nitrogens with zero attached hydrogens (tertiary/aromatic N) is 1. The first kappa shape index (κ1) is 13.7. The van der Waals surface area contributed by atoms with Crippen molar-refractivity contribution in [2.24, 2.45) is 5.92 Å². The molecule has 1 aromatic carbocycles. The van der Waals surface area contributed by atoms with E-state index in [1.807, 2.05) is 24.3 Å². The van der Waals surface area contributed by atoms with E-state index in [1.54, 1.807) is 0 Å². The number of rotatable bonds is 5. The van der Waals surface area contributed by atoms with Gasteiger partial charge in [0.15, 0.2) is 0 Å². The third-order valence-electron chi connectivity index (χ3n) is 3.76. The van der Waals surface area contributed by atoms with Crippen LogP contribution in [-0.2, 0) is 0 Å². The highest BCUT2D eigenvalue weighted by molar-refractivity contribution is 6.30. The van der Waals surface area contributed by atoms with Crippen LogP contribution in [0, 0.1) is 5.92 Å². The molecule has 2 nitrogen and oxygen atoms in total. The Morgan fingerprint density at radius 1 is 1.33 bits per heavy atom. The fourth-order valence-corrected chi connectivity index (χ4v) is 2.92. The van der Waals surface area contributed by atoms with Crippen LogP contribution in [0.4, 0.5) is 5.69 Å². The Morgan fingerprint density at radius 2 is 2.06 bits per heavy atom. The summed E-state index contributed by atoms with van der Waals surface area (Å²) in [5.74, 6) is 0.767. The van der Waals surface area contributed by atoms with Gasteiger partial charge in [0.05, 0.1) is 0 Å². The SMILES string of the molecule is CC(C)C1CCCN1CCNc1ccc(Cl)cc1. The minimum Gasteiger partial charge on any atom is -0.384 e. The molecule has 1 heterocycles. The van der Waals surface area contributed by atoms with Gasteiger partial charge in [-0.05, 0) is 49.6 Å². The molecule has 1 atom stereocenters. The molecule has 0 aromatic heterocycles. The molecular weight excluding hydrogens is 244 g/mol. The molecule has 0 spiro atoms. The molecule has 1 aliphatic heterocycles. The van der Waals surface area contributed by atoms with Crippen molar-refractivity contribution in [2.45, 2.75) is 32.7 Å². The van der Waals surface area contributed by atoms with Crippen LogP contribution in [0.5, 0.6) is 0 Å². The van der Waals surface area contributed by atoms with E-state index in [1.165, 1.54) is 19.4 Å². The molecule has 2 rings (SSSR count). The van der Waals surface area contributed by atoms with E-state index in [-0.39, 0.29) is 0 Å². The van der Waals surface area contributed by atoms with Gasteiger partial charge in [0, 0.05) is 29.8 Å². The molecule has 1 aliphatic rings. The lowest BCUT2D eigenvalue weighted by Crippen LogP contribution is -2.36. The first-order valence-electron chi connectivity index (χ1n) is 6.90. The van der Waals surface area contributed by atoms with Gasteiger partial charge in [-0.3, -0.25) is 4.90 Å². The van der Waals surface area contributed by atoms with Crippen LogP contribution in [0.25, 0.3) is 0 Å². The van der Waals surface area contributed by atoms with Crippen LogP contribution >= 0.6 is 11.6 Å². The lowest BCUT2D eigenvalue weighted by Gasteiger charge is -2.27. The summed E-state index contributed by atoms with van der Waals surface area (Å²) in [7, 11) is 0. The molecule has 1 saturated heterocycles. The predicted octanol–water partition coefficient (Wildman–Crippen LogP) is 3.87. The van der Waals surface area contributed by atoms with Crippen LogP contribution in [0.1, 0.15) is 26.7 Å². The molecular formula is C15H23ClN2. The van der Waals surface area contributed by atoms with Crippen molar-refractivity contribution in [3.8, 4) is 0 Å². The highest BCUT2D eigenvalue weighted by Gasteiger charge is 2.26. The molecule has 3 heteroatoms. The van der Waals surface area contributed by atoms with Crippen molar-refractivity contribution in [3.63, 3.8) is 0 Å². The summed E-state index contributed by atoms with van der Waals surface area (Å²) in [6.45, 7) is 8.05. The second kappa shape index (κ2) is 6.44. The Kier molecular flexibility index (Phi) is 4.90. The van der Waals surface area contributed by atoms with Crippen molar-refractivity contribution < 1.29 is 0 Å². The van der Waals surface area contributed by atoms with E-state index < -0.39 is 0 Å². The van der Waals surface area contributed by atoms with Gasteiger partial charge < -0.3 is 5.32 Å². The standard InChI is InChI=1S/C15H23ClN2/c1-12(2)15-4-3-10-18(15)11-9-17-14-7-5-13(16)6-8-14/h5-8,12,15,17H,3-4,9-11H2,1-2H3. The van der Waals surface area contributed by atoms with Crippen molar-refractivity contribution in [1.82, 2.24) is 4.90 Å². The van der Waals surface area contributed by atoms with E-state index in [9.17, 15) is 0 Å². The summed E-state index contributed by atoms with van der Waals surface area (Å²) in [6, 6.07) is 8.70. The second-order valence-electron chi connectivity index (χ2n) is 5.42. The normalized spacial score (nSPS) is 20.6. The lowest BCUT2D eigenvalue weighted by atomic mass is 10.0. The third-order valence-corrected chi connectivity index (χ3v) is 4.01. The topological polar surface area (TPSA) is 15.3 Å². The number of benzene rings is 1. The quantitative estimate of drug-likeness (QED) is 0.870. The number of hydrogen-bond donors (Lipinski definition) is 1. The predicted molar refractivity (Wildman–Crippen MR) is 79.4 cm³/mol. The summed E-state index contributed by atoms with van der Waals surface area (Å²) in [5, 5.41) is 4.25. The van der Waals surface area contributed by atoms with Gasteiger partial charge >= 0.3 is 0 Å². The molecule has 1 fully saturated rings. The summed E-state index contributed by atoms with van der Waals surface area (Å²) in [6.07, 6.45) is 2.71. The van der Waals surface area contributed by atoms with Gasteiger partial charge in [-0.25, -0.2) is 0 Å². The highest BCUT2D eigenvalue weighted by Crippen LogP contribution is 2.23. The van der Waals surface area contributed by atoms with E-state index in [0.29, 0.717) is 0 Å². The van der Waals surface area contributed by atoms with Crippen LogP contribution in [0.2, 0.25) is 5.02 Å². The Bertz CT molecular complexity index is 361. The van der Waals surface area contributed by atoms with Gasteiger partial charge in [-0.15, -0.1) is 0 Å². The van der Waals surface area contributed by atoms with Crippen molar-refractivity contribution in [1.29, 1.82) is 0 Å². The highest BCUT2D eigenvalue weighted by atomic mass is 35.5. The monoisotopic (exact) mass is 266 g/mol. The average molecular weight is 267 g/mol. The average Bonchev–Trinajstić information content (AvgIpc) is 2.80. The van der Waals surface area contributed by atoms with Gasteiger partial charge in [0.1, 0.15) is 0 Å². The van der Waals surface area contributed by atoms with Crippen LogP contribution in [-0.4, -0.2) is 30.6 Å². The molecule has 1 aromatic rings. The Balaban J connectivity index is 1.76. The van der Waals surface area contributed by atoms with Crippen LogP contribution in [0.15, 0.2) is 24.3 Å². The van der Waals surface area contributed by atoms with Crippen LogP contribution < -0.4 is 5.32 Å². The summed E-state index contributed by atoms with van der Waals surface area (Å²) in [4.78, 5) is 2.62. The molecule has 0 radical (unpaired) electrons. The summed E-state index contributed by atoms with van der Waals surface area (Å²) < 4.78 is 0. The number of halogens is 1. The Morgan fingerprint density at radius 3 is 2.72 bits per heavy atom. The number of nitrogens with one attached hydrogen (secondary N) is 1. The number of hydrogen-bond acceptors (Lipinski definition) is 2. The van der Waals surface area contributed by atoms with Crippen molar-refractivity contribution >= 4 is 17.3 Å². The lowest BCUT2D eigenvalue weighted by molar-refractivity contribution is 0.214. The minimum absolute atomic E-state index is 0.767. The molecule has 1 N–H and O–H groups in total. The van der Waals surface area contributed by atoms with Crippen molar-refractivity contribution in [3.05, 3.63) is 29.3 Å². The second-order valence-corrected chi connectivity index (χ2v) is 5.86. The van der Waals surface area contributed by atoms with E-state index >= 15 is 0 Å². The third kappa shape index (κ3) is 3.63. The zero-order valence-electron chi connectivity index (χ0n) is 11.3. The zero-order valence-corrected chi connectivity index (χ0v) is 12.1. The maximum Gasteiger partial charge on any atom is 0.0407 e.